The van der Waals surface area contributed by atoms with Crippen molar-refractivity contribution in [1.82, 2.24) is 4.98 Å². The van der Waals surface area contributed by atoms with Gasteiger partial charge in [0.15, 0.2) is 0 Å². The molecule has 2 heterocycles. The quantitative estimate of drug-likeness (QED) is 0.710. The number of hydrogen-bond acceptors (Lipinski definition) is 4. The van der Waals surface area contributed by atoms with Crippen LogP contribution < -0.4 is 4.90 Å². The second kappa shape index (κ2) is 4.96. The third-order valence-corrected chi connectivity index (χ3v) is 2.75. The molecule has 1 saturated heterocycles. The third kappa shape index (κ3) is 2.72. The van der Waals surface area contributed by atoms with Gasteiger partial charge in [-0.1, -0.05) is 6.07 Å². The first-order valence-electron chi connectivity index (χ1n) is 5.59. The van der Waals surface area contributed by atoms with Crippen LogP contribution in [0, 0.1) is 0 Å². The van der Waals surface area contributed by atoms with Gasteiger partial charge < -0.3 is 9.64 Å². The van der Waals surface area contributed by atoms with Gasteiger partial charge in [-0.15, -0.1) is 0 Å². The van der Waals surface area contributed by atoms with Gasteiger partial charge >= 0.3 is 5.97 Å². The van der Waals surface area contributed by atoms with Crippen molar-refractivity contribution in [2.24, 2.45) is 0 Å². The molecule has 1 aromatic heterocycles. The summed E-state index contributed by atoms with van der Waals surface area (Å²) in [6.07, 6.45) is 3.65. The number of esters is 1. The molecule has 1 aliphatic heterocycles. The minimum atomic E-state index is -0.184. The van der Waals surface area contributed by atoms with Crippen molar-refractivity contribution in [1.29, 1.82) is 0 Å². The molecule has 0 aromatic carbocycles. The van der Waals surface area contributed by atoms with E-state index in [1.54, 1.807) is 6.20 Å². The first-order chi connectivity index (χ1) is 7.75. The van der Waals surface area contributed by atoms with Crippen LogP contribution in [0.1, 0.15) is 19.8 Å². The van der Waals surface area contributed by atoms with Crippen molar-refractivity contribution in [3.05, 3.63) is 24.4 Å². The lowest BCUT2D eigenvalue weighted by Crippen LogP contribution is -2.38. The van der Waals surface area contributed by atoms with Gasteiger partial charge in [-0.2, -0.15) is 0 Å². The van der Waals surface area contributed by atoms with Crippen molar-refractivity contribution in [3.63, 3.8) is 0 Å². The van der Waals surface area contributed by atoms with E-state index in [0.717, 1.165) is 31.7 Å². The highest BCUT2D eigenvalue weighted by Gasteiger charge is 2.21. The Bertz CT molecular complexity index is 345. The van der Waals surface area contributed by atoms with Crippen molar-refractivity contribution in [2.45, 2.75) is 25.9 Å². The third-order valence-electron chi connectivity index (χ3n) is 2.75. The molecule has 0 atom stereocenters. The highest BCUT2D eigenvalue weighted by molar-refractivity contribution is 5.66. The number of piperidine rings is 1. The summed E-state index contributed by atoms with van der Waals surface area (Å²) in [5, 5.41) is 0. The molecule has 0 unspecified atom stereocenters. The van der Waals surface area contributed by atoms with Gasteiger partial charge in [0.2, 0.25) is 0 Å². The molecule has 1 aromatic rings. The van der Waals surface area contributed by atoms with Gasteiger partial charge in [0, 0.05) is 39.1 Å². The molecule has 0 amide bonds. The second-order valence-corrected chi connectivity index (χ2v) is 3.98. The first kappa shape index (κ1) is 10.9. The summed E-state index contributed by atoms with van der Waals surface area (Å²) in [5.41, 5.74) is 0. The molecular formula is C12H16N2O2. The minimum Gasteiger partial charge on any atom is -0.462 e. The van der Waals surface area contributed by atoms with E-state index in [-0.39, 0.29) is 12.1 Å². The first-order valence-corrected chi connectivity index (χ1v) is 5.59. The van der Waals surface area contributed by atoms with Crippen LogP contribution in [0.3, 0.4) is 0 Å². The minimum absolute atomic E-state index is 0.0810. The lowest BCUT2D eigenvalue weighted by Gasteiger charge is -2.32. The summed E-state index contributed by atoms with van der Waals surface area (Å²) in [5.74, 6) is 0.820. The Kier molecular flexibility index (Phi) is 3.39. The fraction of sp³-hybridized carbons (Fsp3) is 0.500. The van der Waals surface area contributed by atoms with Crippen LogP contribution in [0.25, 0.3) is 0 Å². The van der Waals surface area contributed by atoms with Gasteiger partial charge in [0.1, 0.15) is 11.9 Å². The van der Waals surface area contributed by atoms with Crippen LogP contribution in [0.5, 0.6) is 0 Å². The lowest BCUT2D eigenvalue weighted by atomic mass is 10.1. The van der Waals surface area contributed by atoms with Crippen LogP contribution in [-0.4, -0.2) is 30.1 Å². The second-order valence-electron chi connectivity index (χ2n) is 3.98. The molecule has 4 nitrogen and oxygen atoms in total. The fourth-order valence-corrected chi connectivity index (χ4v) is 1.98. The molecule has 2 rings (SSSR count). The largest absolute Gasteiger partial charge is 0.462 e. The molecule has 0 radical (unpaired) electrons. The Morgan fingerprint density at radius 2 is 2.19 bits per heavy atom. The Balaban J connectivity index is 1.88. The van der Waals surface area contributed by atoms with E-state index < -0.39 is 0 Å². The average Bonchev–Trinajstić information content (AvgIpc) is 2.30. The number of ether oxygens (including phenoxy) is 1. The number of pyridine rings is 1. The van der Waals surface area contributed by atoms with Gasteiger partial charge in [-0.25, -0.2) is 4.98 Å². The maximum atomic E-state index is 10.8. The molecule has 1 aliphatic rings. The highest BCUT2D eigenvalue weighted by atomic mass is 16.5. The van der Waals surface area contributed by atoms with Gasteiger partial charge in [-0.3, -0.25) is 4.79 Å². The standard InChI is InChI=1S/C12H16N2O2/c1-10(15)16-11-5-8-14(9-6-11)12-4-2-3-7-13-12/h2-4,7,11H,5-6,8-9H2,1H3. The van der Waals surface area contributed by atoms with Crippen LogP contribution in [0.2, 0.25) is 0 Å². The molecule has 0 N–H and O–H groups in total. The van der Waals surface area contributed by atoms with E-state index in [0.29, 0.717) is 0 Å². The Morgan fingerprint density at radius 1 is 1.44 bits per heavy atom. The van der Waals surface area contributed by atoms with Gasteiger partial charge in [-0.05, 0) is 12.1 Å². The zero-order valence-electron chi connectivity index (χ0n) is 9.43. The normalized spacial score (nSPS) is 17.2. The Morgan fingerprint density at radius 3 is 2.75 bits per heavy atom. The molecule has 0 saturated carbocycles. The summed E-state index contributed by atoms with van der Waals surface area (Å²) >= 11 is 0. The lowest BCUT2D eigenvalue weighted by molar-refractivity contribution is -0.147. The van der Waals surface area contributed by atoms with E-state index in [2.05, 4.69) is 9.88 Å². The SMILES string of the molecule is CC(=O)OC1CCN(c2ccccn2)CC1. The molecular weight excluding hydrogens is 204 g/mol. The summed E-state index contributed by atoms with van der Waals surface area (Å²) in [6, 6.07) is 5.90. The van der Waals surface area contributed by atoms with Crippen molar-refractivity contribution in [3.8, 4) is 0 Å². The number of carbonyl (C=O) groups is 1. The summed E-state index contributed by atoms with van der Waals surface area (Å²) < 4.78 is 5.19. The summed E-state index contributed by atoms with van der Waals surface area (Å²) in [7, 11) is 0. The van der Waals surface area contributed by atoms with Gasteiger partial charge in [0.25, 0.3) is 0 Å². The number of rotatable bonds is 2. The number of anilines is 1. The number of aromatic nitrogens is 1. The van der Waals surface area contributed by atoms with E-state index in [9.17, 15) is 4.79 Å². The van der Waals surface area contributed by atoms with Crippen LogP contribution in [-0.2, 0) is 9.53 Å². The molecule has 0 aliphatic carbocycles. The molecule has 4 heteroatoms. The Hall–Kier alpha value is -1.58. The summed E-state index contributed by atoms with van der Waals surface area (Å²) in [4.78, 5) is 17.3. The van der Waals surface area contributed by atoms with Crippen LogP contribution >= 0.6 is 0 Å². The van der Waals surface area contributed by atoms with Crippen molar-refractivity contribution >= 4 is 11.8 Å². The molecule has 1 fully saturated rings. The fourth-order valence-electron chi connectivity index (χ4n) is 1.98. The van der Waals surface area contributed by atoms with E-state index >= 15 is 0 Å². The topological polar surface area (TPSA) is 42.4 Å². The molecule has 16 heavy (non-hydrogen) atoms. The predicted octanol–water partition coefficient (Wildman–Crippen LogP) is 1.61. The van der Waals surface area contributed by atoms with Crippen molar-refractivity contribution in [2.75, 3.05) is 18.0 Å². The zero-order chi connectivity index (χ0) is 11.4. The maximum Gasteiger partial charge on any atom is 0.302 e. The maximum absolute atomic E-state index is 10.8. The number of hydrogen-bond donors (Lipinski definition) is 0. The highest BCUT2D eigenvalue weighted by Crippen LogP contribution is 2.18. The predicted molar refractivity (Wildman–Crippen MR) is 61.2 cm³/mol. The van der Waals surface area contributed by atoms with Crippen LogP contribution in [0.4, 0.5) is 5.82 Å². The van der Waals surface area contributed by atoms with Crippen molar-refractivity contribution < 1.29 is 9.53 Å². The number of carbonyl (C=O) groups excluding carboxylic acids is 1. The number of nitrogens with zero attached hydrogens (tertiary/aromatic N) is 2. The van der Waals surface area contributed by atoms with E-state index in [1.807, 2.05) is 18.2 Å². The Labute approximate surface area is 95.2 Å². The molecule has 0 bridgehead atoms. The summed E-state index contributed by atoms with van der Waals surface area (Å²) in [6.45, 7) is 3.26. The zero-order valence-corrected chi connectivity index (χ0v) is 9.43. The van der Waals surface area contributed by atoms with Crippen LogP contribution in [0.15, 0.2) is 24.4 Å². The molecule has 86 valence electrons. The van der Waals surface area contributed by atoms with E-state index in [4.69, 9.17) is 4.74 Å². The average molecular weight is 220 g/mol. The monoisotopic (exact) mass is 220 g/mol. The van der Waals surface area contributed by atoms with Gasteiger partial charge in [0.05, 0.1) is 0 Å². The smallest absolute Gasteiger partial charge is 0.302 e. The molecule has 0 spiro atoms. The van der Waals surface area contributed by atoms with E-state index in [1.165, 1.54) is 6.92 Å².